The minimum Gasteiger partial charge on any atom is -0.489 e. The zero-order chi connectivity index (χ0) is 16.2. The number of hydrogen-bond acceptors (Lipinski definition) is 5. The van der Waals surface area contributed by atoms with Gasteiger partial charge in [-0.1, -0.05) is 13.8 Å². The molecule has 0 fully saturated rings. The molecule has 0 saturated heterocycles. The first-order chi connectivity index (χ1) is 9.65. The number of carbonyl (C=O) groups is 1. The molecule has 1 aromatic rings. The predicted octanol–water partition coefficient (Wildman–Crippen LogP) is 2.06. The standard InChI is InChI=1S/C16H24N2O3/c1-10(2)15(19)12(8-17)13-6-7-14(11(3)18-13)21-9-16(4,5)20/h6-8,10,20H,9,17H2,1-5H3. The first-order valence-electron chi connectivity index (χ1n) is 6.95. The van der Waals surface area contributed by atoms with E-state index in [-0.39, 0.29) is 18.3 Å². The summed E-state index contributed by atoms with van der Waals surface area (Å²) in [6.45, 7) is 8.93. The monoisotopic (exact) mass is 292 g/mol. The van der Waals surface area contributed by atoms with E-state index in [0.29, 0.717) is 22.7 Å². The van der Waals surface area contributed by atoms with Crippen LogP contribution in [0.5, 0.6) is 5.75 Å². The maximum absolute atomic E-state index is 12.1. The lowest BCUT2D eigenvalue weighted by atomic mass is 9.99. The van der Waals surface area contributed by atoms with Gasteiger partial charge in [-0.2, -0.15) is 0 Å². The Morgan fingerprint density at radius 3 is 2.52 bits per heavy atom. The van der Waals surface area contributed by atoms with Gasteiger partial charge in [-0.3, -0.25) is 4.79 Å². The Kier molecular flexibility index (Phi) is 5.49. The molecule has 0 bridgehead atoms. The molecule has 0 atom stereocenters. The van der Waals surface area contributed by atoms with E-state index >= 15 is 0 Å². The average molecular weight is 292 g/mol. The van der Waals surface area contributed by atoms with Crippen molar-refractivity contribution < 1.29 is 14.6 Å². The Hall–Kier alpha value is -1.88. The fraction of sp³-hybridized carbons (Fsp3) is 0.500. The van der Waals surface area contributed by atoms with E-state index in [1.807, 2.05) is 13.8 Å². The second-order valence-electron chi connectivity index (χ2n) is 5.98. The van der Waals surface area contributed by atoms with E-state index < -0.39 is 5.60 Å². The Balaban J connectivity index is 2.99. The number of rotatable bonds is 6. The first kappa shape index (κ1) is 17.2. The lowest BCUT2D eigenvalue weighted by Crippen LogP contribution is -2.28. The summed E-state index contributed by atoms with van der Waals surface area (Å²) in [6.07, 6.45) is 1.29. The normalized spacial score (nSPS) is 12.6. The van der Waals surface area contributed by atoms with Crippen LogP contribution in [0, 0.1) is 12.8 Å². The zero-order valence-electron chi connectivity index (χ0n) is 13.3. The molecular formula is C16H24N2O3. The van der Waals surface area contributed by atoms with Gasteiger partial charge < -0.3 is 15.6 Å². The van der Waals surface area contributed by atoms with Crippen molar-refractivity contribution in [3.05, 3.63) is 29.7 Å². The number of hydrogen-bond donors (Lipinski definition) is 2. The van der Waals surface area contributed by atoms with Gasteiger partial charge in [0.2, 0.25) is 0 Å². The number of aromatic nitrogens is 1. The summed E-state index contributed by atoms with van der Waals surface area (Å²) in [4.78, 5) is 16.4. The lowest BCUT2D eigenvalue weighted by molar-refractivity contribution is -0.116. The van der Waals surface area contributed by atoms with Gasteiger partial charge in [0.25, 0.3) is 0 Å². The number of aliphatic hydroxyl groups is 1. The topological polar surface area (TPSA) is 85.4 Å². The number of carbonyl (C=O) groups excluding carboxylic acids is 1. The number of pyridine rings is 1. The fourth-order valence-electron chi connectivity index (χ4n) is 1.71. The van der Waals surface area contributed by atoms with E-state index in [9.17, 15) is 9.90 Å². The van der Waals surface area contributed by atoms with Crippen molar-refractivity contribution in [1.82, 2.24) is 4.98 Å². The summed E-state index contributed by atoms with van der Waals surface area (Å²) < 4.78 is 5.53. The Bertz CT molecular complexity index is 543. The van der Waals surface area contributed by atoms with Crippen LogP contribution in [0.4, 0.5) is 0 Å². The summed E-state index contributed by atoms with van der Waals surface area (Å²) in [5.41, 5.74) is 6.23. The van der Waals surface area contributed by atoms with Crippen molar-refractivity contribution in [2.75, 3.05) is 6.61 Å². The van der Waals surface area contributed by atoms with E-state index in [2.05, 4.69) is 4.98 Å². The van der Waals surface area contributed by atoms with Crippen LogP contribution >= 0.6 is 0 Å². The zero-order valence-corrected chi connectivity index (χ0v) is 13.3. The molecule has 0 amide bonds. The van der Waals surface area contributed by atoms with Gasteiger partial charge in [0.15, 0.2) is 5.78 Å². The van der Waals surface area contributed by atoms with Crippen LogP contribution in [0.25, 0.3) is 5.57 Å². The maximum atomic E-state index is 12.1. The van der Waals surface area contributed by atoms with Gasteiger partial charge in [-0.05, 0) is 32.9 Å². The molecule has 5 nitrogen and oxygen atoms in total. The van der Waals surface area contributed by atoms with Crippen LogP contribution in [0.2, 0.25) is 0 Å². The second-order valence-corrected chi connectivity index (χ2v) is 5.98. The molecule has 0 aliphatic carbocycles. The summed E-state index contributed by atoms with van der Waals surface area (Å²) in [5, 5.41) is 9.67. The van der Waals surface area contributed by atoms with Gasteiger partial charge in [-0.15, -0.1) is 0 Å². The molecule has 21 heavy (non-hydrogen) atoms. The van der Waals surface area contributed by atoms with Gasteiger partial charge in [0, 0.05) is 12.1 Å². The SMILES string of the molecule is Cc1nc(C(=CN)C(=O)C(C)C)ccc1OCC(C)(C)O. The van der Waals surface area contributed by atoms with Crippen molar-refractivity contribution in [2.45, 2.75) is 40.2 Å². The number of ether oxygens (including phenoxy) is 1. The summed E-state index contributed by atoms with van der Waals surface area (Å²) in [7, 11) is 0. The Morgan fingerprint density at radius 2 is 2.10 bits per heavy atom. The third-order valence-electron chi connectivity index (χ3n) is 2.85. The second kappa shape index (κ2) is 6.72. The number of ketones is 1. The van der Waals surface area contributed by atoms with Crippen LogP contribution in [-0.2, 0) is 4.79 Å². The Morgan fingerprint density at radius 1 is 1.48 bits per heavy atom. The van der Waals surface area contributed by atoms with Crippen LogP contribution in [0.15, 0.2) is 18.3 Å². The molecule has 116 valence electrons. The minimum absolute atomic E-state index is 0.0467. The van der Waals surface area contributed by atoms with E-state index in [0.717, 1.165) is 0 Å². The van der Waals surface area contributed by atoms with Crippen molar-refractivity contribution in [1.29, 1.82) is 0 Å². The van der Waals surface area contributed by atoms with Crippen LogP contribution in [-0.4, -0.2) is 28.1 Å². The maximum Gasteiger partial charge on any atom is 0.169 e. The summed E-state index contributed by atoms with van der Waals surface area (Å²) >= 11 is 0. The van der Waals surface area contributed by atoms with E-state index in [4.69, 9.17) is 10.5 Å². The lowest BCUT2D eigenvalue weighted by Gasteiger charge is -2.19. The molecule has 1 heterocycles. The molecule has 0 aliphatic heterocycles. The highest BCUT2D eigenvalue weighted by Gasteiger charge is 2.18. The fourth-order valence-corrected chi connectivity index (χ4v) is 1.71. The quantitative estimate of drug-likeness (QED) is 0.784. The number of aryl methyl sites for hydroxylation is 1. The van der Waals surface area contributed by atoms with Gasteiger partial charge in [0.1, 0.15) is 12.4 Å². The molecular weight excluding hydrogens is 268 g/mol. The Labute approximate surface area is 125 Å². The largest absolute Gasteiger partial charge is 0.489 e. The molecule has 0 radical (unpaired) electrons. The van der Waals surface area contributed by atoms with E-state index in [1.54, 1.807) is 32.9 Å². The minimum atomic E-state index is -0.916. The van der Waals surface area contributed by atoms with Crippen LogP contribution < -0.4 is 10.5 Å². The number of allylic oxidation sites excluding steroid dienone is 1. The smallest absolute Gasteiger partial charge is 0.169 e. The van der Waals surface area contributed by atoms with Crippen LogP contribution in [0.1, 0.15) is 39.1 Å². The molecule has 1 rings (SSSR count). The van der Waals surface area contributed by atoms with Crippen molar-refractivity contribution in [3.63, 3.8) is 0 Å². The molecule has 0 aromatic carbocycles. The first-order valence-corrected chi connectivity index (χ1v) is 6.95. The average Bonchev–Trinajstić information content (AvgIpc) is 2.37. The molecule has 0 saturated carbocycles. The summed E-state index contributed by atoms with van der Waals surface area (Å²) in [6, 6.07) is 3.44. The van der Waals surface area contributed by atoms with Gasteiger partial charge in [0.05, 0.1) is 22.6 Å². The van der Waals surface area contributed by atoms with E-state index in [1.165, 1.54) is 6.20 Å². The van der Waals surface area contributed by atoms with Crippen molar-refractivity contribution in [2.24, 2.45) is 11.7 Å². The van der Waals surface area contributed by atoms with Crippen molar-refractivity contribution >= 4 is 11.4 Å². The summed E-state index contributed by atoms with van der Waals surface area (Å²) in [5.74, 6) is 0.386. The molecule has 0 aliphatic rings. The molecule has 1 aromatic heterocycles. The highest BCUT2D eigenvalue weighted by molar-refractivity contribution is 6.20. The van der Waals surface area contributed by atoms with Crippen molar-refractivity contribution in [3.8, 4) is 5.75 Å². The third kappa shape index (κ3) is 4.86. The highest BCUT2D eigenvalue weighted by atomic mass is 16.5. The highest BCUT2D eigenvalue weighted by Crippen LogP contribution is 2.22. The van der Waals surface area contributed by atoms with Gasteiger partial charge >= 0.3 is 0 Å². The molecule has 5 heteroatoms. The number of Topliss-reactive ketones (excluding diaryl/α,β-unsaturated/α-hetero) is 1. The van der Waals surface area contributed by atoms with Gasteiger partial charge in [-0.25, -0.2) is 4.98 Å². The number of nitrogens with zero attached hydrogens (tertiary/aromatic N) is 1. The third-order valence-corrected chi connectivity index (χ3v) is 2.85. The predicted molar refractivity (Wildman–Crippen MR) is 82.8 cm³/mol. The molecule has 0 spiro atoms. The molecule has 3 N–H and O–H groups in total. The molecule has 0 unspecified atom stereocenters. The number of nitrogens with two attached hydrogens (primary N) is 1. The van der Waals surface area contributed by atoms with Crippen LogP contribution in [0.3, 0.4) is 0 Å².